The van der Waals surface area contributed by atoms with E-state index in [0.717, 1.165) is 20.3 Å². The molecule has 2 aromatic heterocycles. The maximum absolute atomic E-state index is 6.32. The highest BCUT2D eigenvalue weighted by atomic mass is 127. The lowest BCUT2D eigenvalue weighted by Crippen LogP contribution is -2.43. The molecule has 0 bridgehead atoms. The lowest BCUT2D eigenvalue weighted by Gasteiger charge is -2.28. The largest absolute Gasteiger partial charge is 0.344 e. The molecule has 2 aliphatic rings. The Bertz CT molecular complexity index is 834. The summed E-state index contributed by atoms with van der Waals surface area (Å²) in [5, 5.41) is 1.01. The summed E-state index contributed by atoms with van der Waals surface area (Å²) in [6.45, 7) is 11.9. The summed E-state index contributed by atoms with van der Waals surface area (Å²) in [5.41, 5.74) is 1.19. The van der Waals surface area contributed by atoms with Crippen LogP contribution in [-0.2, 0) is 14.2 Å². The van der Waals surface area contributed by atoms with E-state index in [4.69, 9.17) is 14.2 Å². The number of fused-ring (bicyclic) bond motifs is 2. The Morgan fingerprint density at radius 2 is 2.08 bits per heavy atom. The van der Waals surface area contributed by atoms with Gasteiger partial charge in [-0.25, -0.2) is 9.97 Å². The molecule has 2 saturated heterocycles. The van der Waals surface area contributed by atoms with Crippen LogP contribution in [0.15, 0.2) is 28.7 Å². The summed E-state index contributed by atoms with van der Waals surface area (Å²) >= 11 is 2.20. The molecule has 0 N–H and O–H groups in total. The van der Waals surface area contributed by atoms with Gasteiger partial charge in [0.15, 0.2) is 12.0 Å². The molecule has 2 aliphatic heterocycles. The molecule has 0 aliphatic carbocycles. The molecule has 0 saturated carbocycles. The molecule has 0 unspecified atom stereocenters. The van der Waals surface area contributed by atoms with Crippen LogP contribution in [0.25, 0.3) is 11.0 Å². The van der Waals surface area contributed by atoms with Gasteiger partial charge in [-0.1, -0.05) is 6.58 Å². The first-order valence-corrected chi connectivity index (χ1v) is 8.97. The monoisotopic (exact) mass is 441 g/mol. The van der Waals surface area contributed by atoms with Crippen LogP contribution in [0.3, 0.4) is 0 Å². The van der Waals surface area contributed by atoms with Gasteiger partial charge in [-0.2, -0.15) is 0 Å². The number of nitrogens with zero attached hydrogens (tertiary/aromatic N) is 3. The third-order valence-electron chi connectivity index (χ3n) is 4.76. The smallest absolute Gasteiger partial charge is 0.165 e. The van der Waals surface area contributed by atoms with E-state index in [1.54, 1.807) is 6.33 Å². The lowest BCUT2D eigenvalue weighted by atomic mass is 9.94. The van der Waals surface area contributed by atoms with Gasteiger partial charge >= 0.3 is 0 Å². The summed E-state index contributed by atoms with van der Waals surface area (Å²) in [6.07, 6.45) is 2.71. The van der Waals surface area contributed by atoms with Gasteiger partial charge in [0.25, 0.3) is 0 Å². The van der Waals surface area contributed by atoms with Crippen molar-refractivity contribution in [2.24, 2.45) is 0 Å². The molecule has 4 atom stereocenters. The minimum atomic E-state index is -0.667. The highest BCUT2D eigenvalue weighted by Crippen LogP contribution is 2.52. The van der Waals surface area contributed by atoms with E-state index in [1.807, 2.05) is 44.5 Å². The zero-order chi connectivity index (χ0) is 17.3. The molecule has 4 rings (SSSR count). The molecule has 128 valence electrons. The van der Waals surface area contributed by atoms with Crippen molar-refractivity contribution in [3.05, 3.63) is 34.4 Å². The van der Waals surface area contributed by atoms with Crippen LogP contribution in [0.5, 0.6) is 0 Å². The van der Waals surface area contributed by atoms with E-state index in [2.05, 4.69) is 39.1 Å². The van der Waals surface area contributed by atoms with E-state index < -0.39 is 11.4 Å². The quantitative estimate of drug-likeness (QED) is 0.668. The van der Waals surface area contributed by atoms with Crippen molar-refractivity contribution in [2.45, 2.75) is 57.5 Å². The molecule has 2 fully saturated rings. The summed E-state index contributed by atoms with van der Waals surface area (Å²) in [7, 11) is 0. The molecule has 0 radical (unpaired) electrons. The highest BCUT2D eigenvalue weighted by Gasteiger charge is 2.64. The topological polar surface area (TPSA) is 58.4 Å². The van der Waals surface area contributed by atoms with E-state index in [-0.39, 0.29) is 18.4 Å². The second-order valence-corrected chi connectivity index (χ2v) is 8.38. The number of aryl methyl sites for hydroxylation is 1. The fraction of sp³-hybridized carbons (Fsp3) is 0.529. The Balaban J connectivity index is 1.83. The second-order valence-electron chi connectivity index (χ2n) is 7.00. The Hall–Kier alpha value is -1.03. The summed E-state index contributed by atoms with van der Waals surface area (Å²) in [5.74, 6) is -0.667. The van der Waals surface area contributed by atoms with Crippen molar-refractivity contribution in [1.29, 1.82) is 0 Å². The molecule has 7 heteroatoms. The first kappa shape index (κ1) is 16.4. The number of hydrogen-bond donors (Lipinski definition) is 0. The van der Waals surface area contributed by atoms with E-state index in [9.17, 15) is 0 Å². The van der Waals surface area contributed by atoms with Gasteiger partial charge in [0, 0.05) is 15.2 Å². The Morgan fingerprint density at radius 3 is 2.79 bits per heavy atom. The first-order valence-electron chi connectivity index (χ1n) is 7.89. The Kier molecular flexibility index (Phi) is 3.58. The number of ether oxygens (including phenoxy) is 3. The van der Waals surface area contributed by atoms with E-state index in [1.165, 1.54) is 0 Å². The number of rotatable bonds is 2. The summed E-state index contributed by atoms with van der Waals surface area (Å²) in [6, 6.07) is 2.01. The van der Waals surface area contributed by atoms with Crippen molar-refractivity contribution in [3.8, 4) is 0 Å². The van der Waals surface area contributed by atoms with Crippen LogP contribution in [0.2, 0.25) is 0 Å². The highest BCUT2D eigenvalue weighted by molar-refractivity contribution is 14.1. The zero-order valence-corrected chi connectivity index (χ0v) is 16.3. The number of aromatic nitrogens is 3. The van der Waals surface area contributed by atoms with Gasteiger partial charge in [0.2, 0.25) is 0 Å². The minimum absolute atomic E-state index is 0.254. The average Bonchev–Trinajstić information content (AvgIpc) is 3.07. The van der Waals surface area contributed by atoms with Crippen LogP contribution >= 0.6 is 22.6 Å². The van der Waals surface area contributed by atoms with Crippen LogP contribution in [-0.4, -0.2) is 38.1 Å². The molecule has 0 amide bonds. The second kappa shape index (κ2) is 5.23. The van der Waals surface area contributed by atoms with Gasteiger partial charge in [-0.15, -0.1) is 0 Å². The predicted octanol–water partition coefficient (Wildman–Crippen LogP) is 3.50. The zero-order valence-electron chi connectivity index (χ0n) is 14.1. The normalized spacial score (nSPS) is 34.6. The van der Waals surface area contributed by atoms with Crippen molar-refractivity contribution < 1.29 is 14.2 Å². The molecule has 24 heavy (non-hydrogen) atoms. The van der Waals surface area contributed by atoms with Crippen LogP contribution in [0.4, 0.5) is 0 Å². The van der Waals surface area contributed by atoms with Gasteiger partial charge in [-0.05, 0) is 56.4 Å². The maximum atomic E-state index is 6.32. The minimum Gasteiger partial charge on any atom is -0.344 e. The fourth-order valence-electron chi connectivity index (χ4n) is 3.82. The molecule has 4 heterocycles. The SMILES string of the molecule is C=C(I)[C@H]1O[C@@H](n2ccc3c(C)ncnc32)[C@@H]2OC(C)(C)O[C@]12C. The molecule has 6 nitrogen and oxygen atoms in total. The van der Waals surface area contributed by atoms with Crippen molar-refractivity contribution in [1.82, 2.24) is 14.5 Å². The standard InChI is InChI=1S/C17H20IN3O3/c1-9(18)12-17(5)13(23-16(3,4)24-17)15(22-12)21-7-6-11-10(2)19-8-20-14(11)21/h6-8,12-13,15H,1H2,2-5H3/t12-,13+,15-,17-/m1/s1. The summed E-state index contributed by atoms with van der Waals surface area (Å²) in [4.78, 5) is 8.70. The van der Waals surface area contributed by atoms with Crippen LogP contribution in [0, 0.1) is 6.92 Å². The van der Waals surface area contributed by atoms with Crippen molar-refractivity contribution in [3.63, 3.8) is 0 Å². The molecular weight excluding hydrogens is 421 g/mol. The van der Waals surface area contributed by atoms with Crippen molar-refractivity contribution in [2.75, 3.05) is 0 Å². The molecule has 0 spiro atoms. The predicted molar refractivity (Wildman–Crippen MR) is 97.8 cm³/mol. The number of hydrogen-bond acceptors (Lipinski definition) is 5. The van der Waals surface area contributed by atoms with Gasteiger partial charge < -0.3 is 18.8 Å². The molecular formula is C17H20IN3O3. The van der Waals surface area contributed by atoms with E-state index >= 15 is 0 Å². The first-order chi connectivity index (χ1) is 11.2. The van der Waals surface area contributed by atoms with Crippen LogP contribution in [0.1, 0.15) is 32.7 Å². The lowest BCUT2D eigenvalue weighted by molar-refractivity contribution is -0.204. The van der Waals surface area contributed by atoms with Crippen LogP contribution < -0.4 is 0 Å². The summed E-state index contributed by atoms with van der Waals surface area (Å²) < 4.78 is 21.7. The Labute approximate surface area is 154 Å². The Morgan fingerprint density at radius 1 is 1.33 bits per heavy atom. The molecule has 0 aromatic carbocycles. The average molecular weight is 441 g/mol. The van der Waals surface area contributed by atoms with Gasteiger partial charge in [0.05, 0.1) is 5.69 Å². The van der Waals surface area contributed by atoms with Gasteiger partial charge in [0.1, 0.15) is 29.8 Å². The maximum Gasteiger partial charge on any atom is 0.165 e. The number of halogens is 1. The van der Waals surface area contributed by atoms with E-state index in [0.29, 0.717) is 0 Å². The third-order valence-corrected chi connectivity index (χ3v) is 5.33. The van der Waals surface area contributed by atoms with Crippen molar-refractivity contribution >= 4 is 33.6 Å². The van der Waals surface area contributed by atoms with Gasteiger partial charge in [-0.3, -0.25) is 0 Å². The third kappa shape index (κ3) is 2.25. The fourth-order valence-corrected chi connectivity index (χ4v) is 4.59. The molecule has 2 aromatic rings.